The molecule has 0 aliphatic heterocycles. The molecule has 0 saturated heterocycles. The van der Waals surface area contributed by atoms with Crippen LogP contribution in [0.25, 0.3) is 0 Å². The highest BCUT2D eigenvalue weighted by molar-refractivity contribution is 6.10. The van der Waals surface area contributed by atoms with E-state index in [4.69, 9.17) is 4.74 Å². The number of hydrogen-bond acceptors (Lipinski definition) is 5. The Bertz CT molecular complexity index is 1210. The average molecular weight is 462 g/mol. The van der Waals surface area contributed by atoms with E-state index >= 15 is 0 Å². The Morgan fingerprint density at radius 1 is 1.06 bits per heavy atom. The van der Waals surface area contributed by atoms with Crippen molar-refractivity contribution in [2.45, 2.75) is 40.7 Å². The maximum Gasteiger partial charge on any atom is 0.337 e. The largest absolute Gasteiger partial charge is 0.465 e. The first kappa shape index (κ1) is 24.7. The van der Waals surface area contributed by atoms with E-state index in [1.165, 1.54) is 7.11 Å². The third kappa shape index (κ3) is 6.10. The summed E-state index contributed by atoms with van der Waals surface area (Å²) < 4.78 is 6.78. The van der Waals surface area contributed by atoms with Crippen LogP contribution in [0, 0.1) is 20.8 Å². The van der Waals surface area contributed by atoms with Gasteiger partial charge in [-0.2, -0.15) is 5.10 Å². The molecule has 3 aromatic rings. The molecule has 0 radical (unpaired) electrons. The minimum absolute atomic E-state index is 0.273. The standard InChI is InChI=1S/C26H31N5O3/c1-6-31-19(4)23(18(3)30-31)13-14-27-26(29-24(32)20-10-7-9-17(2)15-20)28-22-12-8-11-21(16-22)25(33)34-5/h7-12,15-16H,6,13-14H2,1-5H3,(H2,27,28,29,32). The molecule has 34 heavy (non-hydrogen) atoms. The minimum Gasteiger partial charge on any atom is -0.465 e. The summed E-state index contributed by atoms with van der Waals surface area (Å²) in [7, 11) is 1.34. The topological polar surface area (TPSA) is 97.6 Å². The molecular formula is C26H31N5O3. The van der Waals surface area contributed by atoms with Crippen molar-refractivity contribution in [3.05, 3.63) is 82.2 Å². The molecule has 0 atom stereocenters. The summed E-state index contributed by atoms with van der Waals surface area (Å²) in [5, 5.41) is 10.6. The third-order valence-electron chi connectivity index (χ3n) is 5.52. The van der Waals surface area contributed by atoms with Gasteiger partial charge in [0.1, 0.15) is 0 Å². The molecule has 2 N–H and O–H groups in total. The van der Waals surface area contributed by atoms with E-state index in [9.17, 15) is 9.59 Å². The summed E-state index contributed by atoms with van der Waals surface area (Å²) >= 11 is 0. The average Bonchev–Trinajstić information content (AvgIpc) is 3.11. The van der Waals surface area contributed by atoms with Crippen LogP contribution in [0.2, 0.25) is 0 Å². The number of methoxy groups -OCH3 is 1. The van der Waals surface area contributed by atoms with Crippen molar-refractivity contribution in [3.8, 4) is 0 Å². The van der Waals surface area contributed by atoms with Gasteiger partial charge in [0, 0.05) is 30.0 Å². The number of hydrogen-bond donors (Lipinski definition) is 2. The zero-order valence-corrected chi connectivity index (χ0v) is 20.3. The lowest BCUT2D eigenvalue weighted by molar-refractivity contribution is 0.0600. The summed E-state index contributed by atoms with van der Waals surface area (Å²) in [4.78, 5) is 29.4. The zero-order valence-electron chi connectivity index (χ0n) is 20.3. The molecule has 0 unspecified atom stereocenters. The number of amides is 1. The summed E-state index contributed by atoms with van der Waals surface area (Å²) in [6, 6.07) is 14.2. The third-order valence-corrected chi connectivity index (χ3v) is 5.52. The molecule has 0 aliphatic carbocycles. The van der Waals surface area contributed by atoms with Crippen molar-refractivity contribution in [3.63, 3.8) is 0 Å². The van der Waals surface area contributed by atoms with Crippen LogP contribution in [0.4, 0.5) is 5.69 Å². The number of aryl methyl sites for hydroxylation is 3. The summed E-state index contributed by atoms with van der Waals surface area (Å²) in [5.41, 5.74) is 5.80. The lowest BCUT2D eigenvalue weighted by Gasteiger charge is -2.13. The van der Waals surface area contributed by atoms with Crippen molar-refractivity contribution >= 4 is 23.5 Å². The summed E-state index contributed by atoms with van der Waals surface area (Å²) in [6.45, 7) is 9.31. The first-order valence-electron chi connectivity index (χ1n) is 11.2. The molecule has 1 aromatic heterocycles. The molecule has 2 aromatic carbocycles. The Hall–Kier alpha value is -3.94. The maximum absolute atomic E-state index is 12.9. The molecule has 0 fully saturated rings. The number of guanidine groups is 1. The van der Waals surface area contributed by atoms with Crippen LogP contribution in [0.15, 0.2) is 53.5 Å². The van der Waals surface area contributed by atoms with Gasteiger partial charge in [0.15, 0.2) is 0 Å². The number of rotatable bonds is 7. The molecular weight excluding hydrogens is 430 g/mol. The second-order valence-corrected chi connectivity index (χ2v) is 7.97. The second kappa shape index (κ2) is 11.3. The van der Waals surface area contributed by atoms with Crippen LogP contribution in [0.3, 0.4) is 0 Å². The fourth-order valence-corrected chi connectivity index (χ4v) is 3.74. The second-order valence-electron chi connectivity index (χ2n) is 7.97. The quantitative estimate of drug-likeness (QED) is 0.314. The monoisotopic (exact) mass is 461 g/mol. The SMILES string of the molecule is CCn1nc(C)c(CCN=C(NC(=O)c2cccc(C)c2)Nc2cccc(C(=O)OC)c2)c1C. The predicted molar refractivity (Wildman–Crippen MR) is 133 cm³/mol. The number of aliphatic imine (C=N–C) groups is 1. The number of benzene rings is 2. The Balaban J connectivity index is 1.83. The van der Waals surface area contributed by atoms with E-state index < -0.39 is 5.97 Å². The maximum atomic E-state index is 12.9. The van der Waals surface area contributed by atoms with Crippen LogP contribution in [0.1, 0.15) is 50.2 Å². The van der Waals surface area contributed by atoms with E-state index in [2.05, 4.69) is 34.6 Å². The highest BCUT2D eigenvalue weighted by Gasteiger charge is 2.13. The van der Waals surface area contributed by atoms with Crippen molar-refractivity contribution in [2.24, 2.45) is 4.99 Å². The molecule has 8 heteroatoms. The number of aromatic nitrogens is 2. The number of anilines is 1. The van der Waals surface area contributed by atoms with Gasteiger partial charge in [0.25, 0.3) is 5.91 Å². The number of carbonyl (C=O) groups is 2. The normalized spacial score (nSPS) is 11.3. The van der Waals surface area contributed by atoms with Crippen LogP contribution in [-0.2, 0) is 17.7 Å². The summed E-state index contributed by atoms with van der Waals surface area (Å²) in [5.74, 6) is -0.415. The van der Waals surface area contributed by atoms with Gasteiger partial charge in [-0.25, -0.2) is 4.79 Å². The number of carbonyl (C=O) groups excluding carboxylic acids is 2. The fourth-order valence-electron chi connectivity index (χ4n) is 3.74. The van der Waals surface area contributed by atoms with E-state index in [1.807, 2.05) is 36.7 Å². The van der Waals surface area contributed by atoms with Crippen LogP contribution >= 0.6 is 0 Å². The lowest BCUT2D eigenvalue weighted by Crippen LogP contribution is -2.36. The first-order chi connectivity index (χ1) is 16.3. The molecule has 1 heterocycles. The van der Waals surface area contributed by atoms with Crippen molar-refractivity contribution in [1.29, 1.82) is 0 Å². The Kier molecular flexibility index (Phi) is 8.19. The Morgan fingerprint density at radius 2 is 1.79 bits per heavy atom. The fraction of sp³-hybridized carbons (Fsp3) is 0.308. The van der Waals surface area contributed by atoms with Gasteiger partial charge in [-0.15, -0.1) is 0 Å². The molecule has 0 bridgehead atoms. The summed E-state index contributed by atoms with van der Waals surface area (Å²) in [6.07, 6.45) is 0.686. The van der Waals surface area contributed by atoms with Crippen molar-refractivity contribution in [1.82, 2.24) is 15.1 Å². The van der Waals surface area contributed by atoms with Crippen LogP contribution in [-0.4, -0.2) is 41.3 Å². The number of nitrogens with one attached hydrogen (secondary N) is 2. The number of nitrogens with zero attached hydrogens (tertiary/aromatic N) is 3. The molecule has 178 valence electrons. The van der Waals surface area contributed by atoms with E-state index in [0.29, 0.717) is 35.7 Å². The molecule has 0 aliphatic rings. The number of esters is 1. The van der Waals surface area contributed by atoms with Gasteiger partial charge >= 0.3 is 5.97 Å². The van der Waals surface area contributed by atoms with Gasteiger partial charge in [0.05, 0.1) is 18.4 Å². The van der Waals surface area contributed by atoms with Gasteiger partial charge in [-0.1, -0.05) is 23.8 Å². The van der Waals surface area contributed by atoms with E-state index in [0.717, 1.165) is 29.1 Å². The first-order valence-corrected chi connectivity index (χ1v) is 11.2. The Labute approximate surface area is 200 Å². The highest BCUT2D eigenvalue weighted by atomic mass is 16.5. The highest BCUT2D eigenvalue weighted by Crippen LogP contribution is 2.15. The van der Waals surface area contributed by atoms with Gasteiger partial charge in [0.2, 0.25) is 5.96 Å². The number of ether oxygens (including phenoxy) is 1. The lowest BCUT2D eigenvalue weighted by atomic mass is 10.1. The smallest absolute Gasteiger partial charge is 0.337 e. The van der Waals surface area contributed by atoms with Gasteiger partial charge in [-0.05, 0) is 70.0 Å². The van der Waals surface area contributed by atoms with Crippen LogP contribution in [0.5, 0.6) is 0 Å². The predicted octanol–water partition coefficient (Wildman–Crippen LogP) is 4.06. The minimum atomic E-state index is -0.440. The molecule has 1 amide bonds. The van der Waals surface area contributed by atoms with Crippen LogP contribution < -0.4 is 10.6 Å². The van der Waals surface area contributed by atoms with Gasteiger partial charge < -0.3 is 10.1 Å². The van der Waals surface area contributed by atoms with Crippen molar-refractivity contribution in [2.75, 3.05) is 19.0 Å². The van der Waals surface area contributed by atoms with Crippen molar-refractivity contribution < 1.29 is 14.3 Å². The molecule has 8 nitrogen and oxygen atoms in total. The van der Waals surface area contributed by atoms with E-state index in [1.54, 1.807) is 30.3 Å². The zero-order chi connectivity index (χ0) is 24.7. The van der Waals surface area contributed by atoms with E-state index in [-0.39, 0.29) is 5.91 Å². The Morgan fingerprint density at radius 3 is 2.47 bits per heavy atom. The molecule has 3 rings (SSSR count). The molecule has 0 spiro atoms. The molecule has 0 saturated carbocycles. The van der Waals surface area contributed by atoms with Gasteiger partial charge in [-0.3, -0.25) is 19.8 Å².